The summed E-state index contributed by atoms with van der Waals surface area (Å²) in [4.78, 5) is 2.18. The Morgan fingerprint density at radius 1 is 1.04 bits per heavy atom. The van der Waals surface area contributed by atoms with Gasteiger partial charge < -0.3 is 14.8 Å². The van der Waals surface area contributed by atoms with Gasteiger partial charge >= 0.3 is 0 Å². The lowest BCUT2D eigenvalue weighted by Crippen LogP contribution is -2.44. The van der Waals surface area contributed by atoms with Crippen LogP contribution < -0.4 is 5.32 Å². The Morgan fingerprint density at radius 3 is 2.50 bits per heavy atom. The molecule has 5 heteroatoms. The van der Waals surface area contributed by atoms with Gasteiger partial charge in [0.05, 0.1) is 6.04 Å². The molecule has 1 aliphatic heterocycles. The number of fused-ring (bicyclic) bond motifs is 1. The van der Waals surface area contributed by atoms with Crippen molar-refractivity contribution in [3.63, 3.8) is 0 Å². The summed E-state index contributed by atoms with van der Waals surface area (Å²) in [6.07, 6.45) is 2.08. The first-order valence-electron chi connectivity index (χ1n) is 8.66. The second-order valence-electron chi connectivity index (χ2n) is 6.57. The largest absolute Gasteiger partial charge is 0.348 e. The monoisotopic (exact) mass is 365 g/mol. The van der Waals surface area contributed by atoms with E-state index in [1.807, 2.05) is 30.3 Å². The molecule has 0 amide bonds. The van der Waals surface area contributed by atoms with Gasteiger partial charge in [-0.15, -0.1) is 0 Å². The van der Waals surface area contributed by atoms with Gasteiger partial charge in [-0.25, -0.2) is 4.39 Å². The minimum absolute atomic E-state index is 0.0372. The lowest BCUT2D eigenvalue weighted by atomic mass is 10.0. The molecule has 0 fully saturated rings. The van der Waals surface area contributed by atoms with Crippen LogP contribution in [0.1, 0.15) is 22.9 Å². The van der Waals surface area contributed by atoms with E-state index in [1.54, 1.807) is 0 Å². The maximum atomic E-state index is 13.4. The summed E-state index contributed by atoms with van der Waals surface area (Å²) in [5, 5.41) is 4.02. The number of benzene rings is 2. The van der Waals surface area contributed by atoms with Crippen molar-refractivity contribution in [2.45, 2.75) is 19.5 Å². The smallest absolute Gasteiger partial charge is 0.174 e. The molecule has 0 spiro atoms. The highest BCUT2D eigenvalue weighted by Crippen LogP contribution is 2.33. The molecule has 0 aliphatic carbocycles. The van der Waals surface area contributed by atoms with E-state index >= 15 is 0 Å². The van der Waals surface area contributed by atoms with Crippen molar-refractivity contribution in [3.8, 4) is 0 Å². The van der Waals surface area contributed by atoms with E-state index in [1.165, 1.54) is 17.7 Å². The first-order valence-corrected chi connectivity index (χ1v) is 9.07. The number of nitrogens with one attached hydrogen (secondary N) is 1. The highest BCUT2D eigenvalue weighted by Gasteiger charge is 2.30. The summed E-state index contributed by atoms with van der Waals surface area (Å²) in [7, 11) is 0. The molecule has 1 aliphatic rings. The minimum atomic E-state index is -0.230. The third-order valence-electron chi connectivity index (χ3n) is 4.79. The minimum Gasteiger partial charge on any atom is -0.348 e. The van der Waals surface area contributed by atoms with Crippen LogP contribution in [0.25, 0.3) is 0 Å². The molecule has 0 saturated heterocycles. The van der Waals surface area contributed by atoms with Crippen molar-refractivity contribution in [2.75, 3.05) is 11.9 Å². The van der Waals surface area contributed by atoms with Crippen LogP contribution in [0.3, 0.4) is 0 Å². The van der Waals surface area contributed by atoms with E-state index in [4.69, 9.17) is 12.2 Å². The topological polar surface area (TPSA) is 20.2 Å². The molecule has 4 rings (SSSR count). The predicted molar refractivity (Wildman–Crippen MR) is 107 cm³/mol. The Balaban J connectivity index is 1.66. The van der Waals surface area contributed by atoms with Gasteiger partial charge in [-0.1, -0.05) is 29.8 Å². The van der Waals surface area contributed by atoms with Crippen LogP contribution in [0.5, 0.6) is 0 Å². The fourth-order valence-corrected chi connectivity index (χ4v) is 3.74. The SMILES string of the molecule is Cc1ccc(NC(=S)N2CCn3cccc3[C@@H]2c2ccc(F)cc2)cc1. The molecule has 3 nitrogen and oxygen atoms in total. The first-order chi connectivity index (χ1) is 12.6. The lowest BCUT2D eigenvalue weighted by Gasteiger charge is -2.39. The number of hydrogen-bond acceptors (Lipinski definition) is 1. The van der Waals surface area contributed by atoms with Gasteiger partial charge in [0.15, 0.2) is 5.11 Å². The molecule has 2 heterocycles. The van der Waals surface area contributed by atoms with Crippen molar-refractivity contribution in [1.82, 2.24) is 9.47 Å². The second-order valence-corrected chi connectivity index (χ2v) is 6.96. The van der Waals surface area contributed by atoms with Crippen LogP contribution in [-0.2, 0) is 6.54 Å². The van der Waals surface area contributed by atoms with Gasteiger partial charge in [0, 0.05) is 30.7 Å². The Hall–Kier alpha value is -2.66. The lowest BCUT2D eigenvalue weighted by molar-refractivity contribution is 0.293. The number of halogens is 1. The zero-order valence-electron chi connectivity index (χ0n) is 14.5. The highest BCUT2D eigenvalue weighted by molar-refractivity contribution is 7.80. The fraction of sp³-hybridized carbons (Fsp3) is 0.190. The Bertz CT molecular complexity index is 915. The zero-order chi connectivity index (χ0) is 18.1. The Labute approximate surface area is 158 Å². The molecule has 0 radical (unpaired) electrons. The summed E-state index contributed by atoms with van der Waals surface area (Å²) in [6.45, 7) is 3.72. The van der Waals surface area contributed by atoms with Crippen LogP contribution in [0, 0.1) is 12.7 Å². The van der Waals surface area contributed by atoms with Crippen molar-refractivity contribution >= 4 is 23.0 Å². The third-order valence-corrected chi connectivity index (χ3v) is 5.12. The average Bonchev–Trinajstić information content (AvgIpc) is 3.12. The second kappa shape index (κ2) is 6.92. The predicted octanol–water partition coefficient (Wildman–Crippen LogP) is 4.74. The summed E-state index contributed by atoms with van der Waals surface area (Å²) < 4.78 is 15.6. The van der Waals surface area contributed by atoms with Crippen LogP contribution in [0.2, 0.25) is 0 Å². The maximum absolute atomic E-state index is 13.4. The quantitative estimate of drug-likeness (QED) is 0.663. The first kappa shape index (κ1) is 16.8. The van der Waals surface area contributed by atoms with E-state index in [0.29, 0.717) is 5.11 Å². The standard InChI is InChI=1S/C21H20FN3S/c1-15-4-10-18(11-5-15)23-21(26)25-14-13-24-12-2-3-19(24)20(25)16-6-8-17(22)9-7-16/h2-12,20H,13-14H2,1H3,(H,23,26)/t20-/m0/s1. The zero-order valence-corrected chi connectivity index (χ0v) is 15.3. The van der Waals surface area contributed by atoms with Gasteiger partial charge in [0.25, 0.3) is 0 Å². The van der Waals surface area contributed by atoms with E-state index in [2.05, 4.69) is 46.1 Å². The van der Waals surface area contributed by atoms with Gasteiger partial charge in [0.2, 0.25) is 0 Å². The molecule has 2 aromatic carbocycles. The normalized spacial score (nSPS) is 16.2. The van der Waals surface area contributed by atoms with Gasteiger partial charge in [-0.2, -0.15) is 0 Å². The average molecular weight is 365 g/mol. The Kier molecular flexibility index (Phi) is 4.47. The third kappa shape index (κ3) is 3.22. The summed E-state index contributed by atoms with van der Waals surface area (Å²) in [5.41, 5.74) is 4.37. The van der Waals surface area contributed by atoms with Crippen molar-refractivity contribution in [2.24, 2.45) is 0 Å². The van der Waals surface area contributed by atoms with E-state index in [-0.39, 0.29) is 11.9 Å². The highest BCUT2D eigenvalue weighted by atomic mass is 32.1. The van der Waals surface area contributed by atoms with Gasteiger partial charge in [-0.05, 0) is 61.1 Å². The molecule has 1 aromatic heterocycles. The van der Waals surface area contributed by atoms with E-state index in [9.17, 15) is 4.39 Å². The molecule has 1 atom stereocenters. The van der Waals surface area contributed by atoms with Gasteiger partial charge in [-0.3, -0.25) is 0 Å². The maximum Gasteiger partial charge on any atom is 0.174 e. The molecule has 1 N–H and O–H groups in total. The summed E-state index contributed by atoms with van der Waals surface area (Å²) >= 11 is 5.73. The van der Waals surface area contributed by atoms with Crippen molar-refractivity contribution in [1.29, 1.82) is 0 Å². The fourth-order valence-electron chi connectivity index (χ4n) is 3.43. The summed E-state index contributed by atoms with van der Waals surface area (Å²) in [6, 6.07) is 19.0. The van der Waals surface area contributed by atoms with Crippen molar-refractivity contribution in [3.05, 3.63) is 89.5 Å². The van der Waals surface area contributed by atoms with Crippen molar-refractivity contribution < 1.29 is 4.39 Å². The molecule has 0 saturated carbocycles. The van der Waals surface area contributed by atoms with E-state index < -0.39 is 0 Å². The molecule has 3 aromatic rings. The summed E-state index contributed by atoms with van der Waals surface area (Å²) in [5.74, 6) is -0.230. The number of hydrogen-bond donors (Lipinski definition) is 1. The molecular weight excluding hydrogens is 345 g/mol. The molecule has 0 unspecified atom stereocenters. The van der Waals surface area contributed by atoms with Crippen LogP contribution in [-0.4, -0.2) is 21.1 Å². The number of thiocarbonyl (C=S) groups is 1. The van der Waals surface area contributed by atoms with Crippen LogP contribution in [0.15, 0.2) is 66.9 Å². The Morgan fingerprint density at radius 2 is 1.77 bits per heavy atom. The molecule has 0 bridgehead atoms. The van der Waals surface area contributed by atoms with Gasteiger partial charge in [0.1, 0.15) is 5.82 Å². The number of aryl methyl sites for hydroxylation is 1. The molecule has 26 heavy (non-hydrogen) atoms. The van der Waals surface area contributed by atoms with Crippen LogP contribution >= 0.6 is 12.2 Å². The number of nitrogens with zero attached hydrogens (tertiary/aromatic N) is 2. The van der Waals surface area contributed by atoms with Crippen LogP contribution in [0.4, 0.5) is 10.1 Å². The van der Waals surface area contributed by atoms with E-state index in [0.717, 1.165) is 30.0 Å². The number of aromatic nitrogens is 1. The number of rotatable bonds is 2. The number of anilines is 1. The molecular formula is C21H20FN3S. The molecule has 132 valence electrons.